The van der Waals surface area contributed by atoms with Crippen LogP contribution in [0.2, 0.25) is 0 Å². The van der Waals surface area contributed by atoms with Crippen LogP contribution < -0.4 is 15.4 Å². The van der Waals surface area contributed by atoms with Crippen molar-refractivity contribution in [2.24, 2.45) is 12.0 Å². The molecule has 28 heavy (non-hydrogen) atoms. The van der Waals surface area contributed by atoms with Gasteiger partial charge in [0.25, 0.3) is 0 Å². The Balaban J connectivity index is 1.57. The fourth-order valence-corrected chi connectivity index (χ4v) is 2.56. The van der Waals surface area contributed by atoms with Gasteiger partial charge in [-0.05, 0) is 48.7 Å². The third-order valence-electron chi connectivity index (χ3n) is 4.40. The summed E-state index contributed by atoms with van der Waals surface area (Å²) in [4.78, 5) is 12.7. The smallest absolute Gasteiger partial charge is 0.219 e. The van der Waals surface area contributed by atoms with Crippen LogP contribution in [0.5, 0.6) is 11.6 Å². The Morgan fingerprint density at radius 1 is 1.07 bits per heavy atom. The van der Waals surface area contributed by atoms with Gasteiger partial charge in [-0.3, -0.25) is 9.67 Å². The van der Waals surface area contributed by atoms with E-state index >= 15 is 0 Å². The lowest BCUT2D eigenvalue weighted by molar-refractivity contribution is 0.461. The number of pyridine rings is 1. The van der Waals surface area contributed by atoms with Crippen LogP contribution in [-0.4, -0.2) is 32.8 Å². The van der Waals surface area contributed by atoms with Crippen LogP contribution in [0.25, 0.3) is 0 Å². The Kier molecular flexibility index (Phi) is 6.21. The molecule has 0 aliphatic heterocycles. The fourth-order valence-electron chi connectivity index (χ4n) is 2.56. The van der Waals surface area contributed by atoms with Crippen LogP contribution in [0.1, 0.15) is 22.5 Å². The molecule has 0 radical (unpaired) electrons. The number of nitrogens with one attached hydrogen (secondary N) is 2. The molecule has 0 aliphatic carbocycles. The van der Waals surface area contributed by atoms with Crippen molar-refractivity contribution < 1.29 is 4.74 Å². The lowest BCUT2D eigenvalue weighted by Crippen LogP contribution is -2.36. The number of rotatable bonds is 6. The summed E-state index contributed by atoms with van der Waals surface area (Å²) < 4.78 is 7.62. The standard InChI is InChI=1S/C20H25N7O/c1-14-5-6-17(9-15(14)2)28-19-10-16(7-8-22-19)11-23-20(21-3)24-12-18-25-13-26-27(18)4/h5-10,13H,11-12H2,1-4H3,(H2,21,23,24). The number of hydrogen-bond acceptors (Lipinski definition) is 5. The lowest BCUT2D eigenvalue weighted by atomic mass is 10.1. The second kappa shape index (κ2) is 8.98. The van der Waals surface area contributed by atoms with E-state index in [0.717, 1.165) is 17.1 Å². The molecule has 0 fully saturated rings. The first-order chi connectivity index (χ1) is 13.5. The molecule has 0 aliphatic rings. The molecule has 0 bridgehead atoms. The second-order valence-corrected chi connectivity index (χ2v) is 6.43. The van der Waals surface area contributed by atoms with Crippen molar-refractivity contribution in [3.63, 3.8) is 0 Å². The molecule has 0 amide bonds. The molecule has 3 aromatic rings. The van der Waals surface area contributed by atoms with Gasteiger partial charge in [-0.2, -0.15) is 5.10 Å². The summed E-state index contributed by atoms with van der Waals surface area (Å²) in [5.74, 6) is 2.85. The molecule has 2 aromatic heterocycles. The van der Waals surface area contributed by atoms with Crippen molar-refractivity contribution in [2.75, 3.05) is 7.05 Å². The van der Waals surface area contributed by atoms with Crippen LogP contribution in [0.3, 0.4) is 0 Å². The molecule has 8 nitrogen and oxygen atoms in total. The summed E-state index contributed by atoms with van der Waals surface area (Å²) in [6, 6.07) is 9.87. The van der Waals surface area contributed by atoms with Gasteiger partial charge in [0, 0.05) is 32.9 Å². The topological polar surface area (TPSA) is 89.2 Å². The molecule has 0 atom stereocenters. The lowest BCUT2D eigenvalue weighted by Gasteiger charge is -2.12. The summed E-state index contributed by atoms with van der Waals surface area (Å²) in [7, 11) is 3.58. The van der Waals surface area contributed by atoms with Crippen molar-refractivity contribution in [1.82, 2.24) is 30.4 Å². The van der Waals surface area contributed by atoms with Gasteiger partial charge in [-0.1, -0.05) is 6.07 Å². The quantitative estimate of drug-likeness (QED) is 0.505. The van der Waals surface area contributed by atoms with Crippen molar-refractivity contribution in [3.8, 4) is 11.6 Å². The molecular formula is C20H25N7O. The molecule has 0 saturated heterocycles. The Morgan fingerprint density at radius 2 is 1.89 bits per heavy atom. The molecular weight excluding hydrogens is 354 g/mol. The SMILES string of the molecule is CN=C(NCc1ccnc(Oc2ccc(C)c(C)c2)c1)NCc1ncnn1C. The van der Waals surface area contributed by atoms with E-state index in [2.05, 4.69) is 44.5 Å². The third kappa shape index (κ3) is 5.06. The maximum absolute atomic E-state index is 5.89. The number of aliphatic imine (C=N–C) groups is 1. The summed E-state index contributed by atoms with van der Waals surface area (Å²) >= 11 is 0. The summed E-state index contributed by atoms with van der Waals surface area (Å²) in [6.45, 7) is 5.27. The predicted octanol–water partition coefficient (Wildman–Crippen LogP) is 2.48. The van der Waals surface area contributed by atoms with Gasteiger partial charge in [0.15, 0.2) is 5.96 Å². The van der Waals surface area contributed by atoms with Gasteiger partial charge in [0.1, 0.15) is 17.9 Å². The summed E-state index contributed by atoms with van der Waals surface area (Å²) in [5.41, 5.74) is 3.46. The minimum atomic E-state index is 0.535. The molecule has 2 N–H and O–H groups in total. The number of hydrogen-bond donors (Lipinski definition) is 2. The van der Waals surface area contributed by atoms with E-state index in [9.17, 15) is 0 Å². The van der Waals surface area contributed by atoms with Crippen LogP contribution in [0.4, 0.5) is 0 Å². The zero-order chi connectivity index (χ0) is 19.9. The molecule has 3 rings (SSSR count). The normalized spacial score (nSPS) is 11.4. The Hall–Kier alpha value is -3.42. The van der Waals surface area contributed by atoms with Gasteiger partial charge in [0.2, 0.25) is 5.88 Å². The van der Waals surface area contributed by atoms with Gasteiger partial charge >= 0.3 is 0 Å². The second-order valence-electron chi connectivity index (χ2n) is 6.43. The predicted molar refractivity (Wildman–Crippen MR) is 108 cm³/mol. The van der Waals surface area contributed by atoms with E-state index in [1.807, 2.05) is 37.4 Å². The van der Waals surface area contributed by atoms with E-state index in [0.29, 0.717) is 24.9 Å². The molecule has 0 saturated carbocycles. The maximum atomic E-state index is 5.89. The van der Waals surface area contributed by atoms with Crippen LogP contribution >= 0.6 is 0 Å². The summed E-state index contributed by atoms with van der Waals surface area (Å²) in [6.07, 6.45) is 3.27. The highest BCUT2D eigenvalue weighted by molar-refractivity contribution is 5.79. The van der Waals surface area contributed by atoms with E-state index in [-0.39, 0.29) is 0 Å². The molecule has 146 valence electrons. The maximum Gasteiger partial charge on any atom is 0.219 e. The number of benzene rings is 1. The van der Waals surface area contributed by atoms with Crippen molar-refractivity contribution in [3.05, 3.63) is 65.4 Å². The van der Waals surface area contributed by atoms with E-state index < -0.39 is 0 Å². The molecule has 0 unspecified atom stereocenters. The highest BCUT2D eigenvalue weighted by atomic mass is 16.5. The average molecular weight is 379 g/mol. The highest BCUT2D eigenvalue weighted by Crippen LogP contribution is 2.22. The first-order valence-electron chi connectivity index (χ1n) is 9.02. The number of aromatic nitrogens is 4. The van der Waals surface area contributed by atoms with Crippen LogP contribution in [0, 0.1) is 13.8 Å². The largest absolute Gasteiger partial charge is 0.439 e. The average Bonchev–Trinajstić information content (AvgIpc) is 3.10. The van der Waals surface area contributed by atoms with Gasteiger partial charge in [-0.15, -0.1) is 0 Å². The zero-order valence-electron chi connectivity index (χ0n) is 16.6. The van der Waals surface area contributed by atoms with Crippen molar-refractivity contribution in [2.45, 2.75) is 26.9 Å². The monoisotopic (exact) mass is 379 g/mol. The Bertz CT molecular complexity index is 965. The first-order valence-corrected chi connectivity index (χ1v) is 9.02. The number of ether oxygens (including phenoxy) is 1. The number of aryl methyl sites for hydroxylation is 3. The van der Waals surface area contributed by atoms with Crippen molar-refractivity contribution in [1.29, 1.82) is 0 Å². The molecule has 2 heterocycles. The Labute approximate surface area is 164 Å². The Morgan fingerprint density at radius 3 is 2.61 bits per heavy atom. The minimum absolute atomic E-state index is 0.535. The van der Waals surface area contributed by atoms with Gasteiger partial charge in [0.05, 0.1) is 6.54 Å². The summed E-state index contributed by atoms with van der Waals surface area (Å²) in [5, 5.41) is 10.5. The molecule has 1 aromatic carbocycles. The minimum Gasteiger partial charge on any atom is -0.439 e. The van der Waals surface area contributed by atoms with E-state index in [4.69, 9.17) is 4.74 Å². The van der Waals surface area contributed by atoms with Gasteiger partial charge < -0.3 is 15.4 Å². The van der Waals surface area contributed by atoms with Crippen LogP contribution in [-0.2, 0) is 20.1 Å². The van der Waals surface area contributed by atoms with E-state index in [1.165, 1.54) is 17.5 Å². The zero-order valence-corrected chi connectivity index (χ0v) is 16.6. The van der Waals surface area contributed by atoms with Gasteiger partial charge in [-0.25, -0.2) is 9.97 Å². The molecule has 8 heteroatoms. The third-order valence-corrected chi connectivity index (χ3v) is 4.40. The first kappa shape index (κ1) is 19.3. The van der Waals surface area contributed by atoms with Crippen LogP contribution in [0.15, 0.2) is 47.8 Å². The highest BCUT2D eigenvalue weighted by Gasteiger charge is 2.05. The molecule has 0 spiro atoms. The van der Waals surface area contributed by atoms with Crippen molar-refractivity contribution >= 4 is 5.96 Å². The number of nitrogens with zero attached hydrogens (tertiary/aromatic N) is 5. The number of guanidine groups is 1. The van der Waals surface area contributed by atoms with E-state index in [1.54, 1.807) is 17.9 Å². The fraction of sp³-hybridized carbons (Fsp3) is 0.300.